The Labute approximate surface area is 121 Å². The van der Waals surface area contributed by atoms with Gasteiger partial charge >= 0.3 is 11.9 Å². The van der Waals surface area contributed by atoms with Gasteiger partial charge in [0, 0.05) is 13.3 Å². The van der Waals surface area contributed by atoms with Crippen LogP contribution in [0, 0.1) is 0 Å². The molecule has 2 aromatic rings. The molecule has 1 aromatic carbocycles. The molecule has 2 rings (SSSR count). The van der Waals surface area contributed by atoms with Crippen LogP contribution < -0.4 is 11.2 Å². The van der Waals surface area contributed by atoms with Gasteiger partial charge in [-0.3, -0.25) is 14.8 Å². The normalized spacial score (nSPS) is 12.0. The number of hydrogen-bond acceptors (Lipinski definition) is 4. The van der Waals surface area contributed by atoms with E-state index in [2.05, 4.69) is 4.99 Å². The standard InChI is InChI=1S/C13H10F3N3O3/c1-17-6-9-10(20)18-12(22)19(11(9)21)8-4-2-3-7(5-8)13(14,15)16/h2-6,21H,1H3,(H,18,20,22). The number of benzene rings is 1. The first kappa shape index (κ1) is 15.5. The van der Waals surface area contributed by atoms with Gasteiger partial charge in [0.05, 0.1) is 11.3 Å². The van der Waals surface area contributed by atoms with E-state index in [-0.39, 0.29) is 11.3 Å². The third-order valence-electron chi connectivity index (χ3n) is 2.81. The molecule has 2 N–H and O–H groups in total. The summed E-state index contributed by atoms with van der Waals surface area (Å²) < 4.78 is 38.7. The maximum Gasteiger partial charge on any atom is 0.416 e. The second-order valence-corrected chi connectivity index (χ2v) is 4.27. The van der Waals surface area contributed by atoms with Crippen molar-refractivity contribution in [2.75, 3.05) is 7.05 Å². The van der Waals surface area contributed by atoms with Gasteiger partial charge in [0.25, 0.3) is 5.56 Å². The number of aromatic hydroxyl groups is 1. The first-order valence-electron chi connectivity index (χ1n) is 5.94. The smallest absolute Gasteiger partial charge is 0.416 e. The zero-order valence-electron chi connectivity index (χ0n) is 11.2. The highest BCUT2D eigenvalue weighted by Crippen LogP contribution is 2.30. The Morgan fingerprint density at radius 2 is 2.00 bits per heavy atom. The van der Waals surface area contributed by atoms with Crippen LogP contribution in [-0.4, -0.2) is 27.9 Å². The maximum atomic E-state index is 12.7. The van der Waals surface area contributed by atoms with Crippen LogP contribution in [0.4, 0.5) is 13.2 Å². The minimum atomic E-state index is -4.61. The van der Waals surface area contributed by atoms with Crippen molar-refractivity contribution in [2.45, 2.75) is 6.18 Å². The van der Waals surface area contributed by atoms with Gasteiger partial charge in [-0.25, -0.2) is 9.36 Å². The van der Waals surface area contributed by atoms with Crippen molar-refractivity contribution in [3.63, 3.8) is 0 Å². The van der Waals surface area contributed by atoms with E-state index in [0.29, 0.717) is 10.6 Å². The number of nitrogens with zero attached hydrogens (tertiary/aromatic N) is 2. The highest BCUT2D eigenvalue weighted by atomic mass is 19.4. The molecule has 0 atom stereocenters. The van der Waals surface area contributed by atoms with E-state index >= 15 is 0 Å². The molecule has 116 valence electrons. The fourth-order valence-electron chi connectivity index (χ4n) is 1.84. The van der Waals surface area contributed by atoms with E-state index in [9.17, 15) is 27.9 Å². The van der Waals surface area contributed by atoms with Crippen molar-refractivity contribution >= 4 is 6.21 Å². The van der Waals surface area contributed by atoms with Crippen molar-refractivity contribution in [3.05, 3.63) is 56.2 Å². The first-order valence-corrected chi connectivity index (χ1v) is 5.94. The van der Waals surface area contributed by atoms with Gasteiger partial charge < -0.3 is 5.11 Å². The molecule has 0 unspecified atom stereocenters. The second kappa shape index (κ2) is 5.51. The first-order chi connectivity index (χ1) is 10.3. The Hall–Kier alpha value is -2.84. The van der Waals surface area contributed by atoms with Gasteiger partial charge in [-0.05, 0) is 18.2 Å². The number of rotatable bonds is 2. The fraction of sp³-hybridized carbons (Fsp3) is 0.154. The molecule has 6 nitrogen and oxygen atoms in total. The van der Waals surface area contributed by atoms with E-state index in [0.717, 1.165) is 18.3 Å². The summed E-state index contributed by atoms with van der Waals surface area (Å²) in [5, 5.41) is 10.00. The van der Waals surface area contributed by atoms with E-state index < -0.39 is 28.9 Å². The molecule has 0 aliphatic rings. The molecular weight excluding hydrogens is 303 g/mol. The molecule has 0 amide bonds. The molecular formula is C13H10F3N3O3. The quantitative estimate of drug-likeness (QED) is 0.819. The van der Waals surface area contributed by atoms with Crippen LogP contribution >= 0.6 is 0 Å². The summed E-state index contributed by atoms with van der Waals surface area (Å²) in [7, 11) is 1.33. The van der Waals surface area contributed by atoms with Crippen LogP contribution in [0.25, 0.3) is 5.69 Å². The lowest BCUT2D eigenvalue weighted by Gasteiger charge is -2.12. The summed E-state index contributed by atoms with van der Waals surface area (Å²) >= 11 is 0. The SMILES string of the molecule is CN=Cc1c(O)n(-c2cccc(C(F)(F)F)c2)c(=O)[nH]c1=O. The predicted molar refractivity (Wildman–Crippen MR) is 72.8 cm³/mol. The van der Waals surface area contributed by atoms with Crippen LogP contribution in [0.5, 0.6) is 5.88 Å². The molecule has 9 heteroatoms. The Balaban J connectivity index is 2.76. The number of aromatic nitrogens is 2. The number of aromatic amines is 1. The highest BCUT2D eigenvalue weighted by Gasteiger charge is 2.30. The Morgan fingerprint density at radius 1 is 1.32 bits per heavy atom. The molecule has 22 heavy (non-hydrogen) atoms. The molecule has 1 heterocycles. The number of aliphatic imine (C=N–C) groups is 1. The number of halogens is 3. The highest BCUT2D eigenvalue weighted by molar-refractivity contribution is 5.82. The average molecular weight is 313 g/mol. The van der Waals surface area contributed by atoms with E-state index in [1.807, 2.05) is 4.98 Å². The third kappa shape index (κ3) is 2.78. The molecule has 0 saturated heterocycles. The Morgan fingerprint density at radius 3 is 2.59 bits per heavy atom. The zero-order chi connectivity index (χ0) is 16.5. The summed E-state index contributed by atoms with van der Waals surface area (Å²) in [5.41, 5.74) is -3.52. The molecule has 1 aromatic heterocycles. The summed E-state index contributed by atoms with van der Waals surface area (Å²) in [4.78, 5) is 28.8. The fourth-order valence-corrected chi connectivity index (χ4v) is 1.84. The van der Waals surface area contributed by atoms with E-state index in [1.54, 1.807) is 0 Å². The summed E-state index contributed by atoms with van der Waals surface area (Å²) in [6, 6.07) is 3.79. The lowest BCUT2D eigenvalue weighted by molar-refractivity contribution is -0.137. The zero-order valence-corrected chi connectivity index (χ0v) is 11.2. The molecule has 0 fully saturated rings. The minimum absolute atomic E-state index is 0.237. The summed E-state index contributed by atoms with van der Waals surface area (Å²) in [6.07, 6.45) is -3.61. The van der Waals surface area contributed by atoms with Gasteiger partial charge in [-0.15, -0.1) is 0 Å². The Bertz CT molecular complexity index is 850. The Kier molecular flexibility index (Phi) is 3.89. The number of hydrogen-bond donors (Lipinski definition) is 2. The van der Waals surface area contributed by atoms with Gasteiger partial charge in [-0.2, -0.15) is 13.2 Å². The van der Waals surface area contributed by atoms with Crippen molar-refractivity contribution in [1.82, 2.24) is 9.55 Å². The van der Waals surface area contributed by atoms with Crippen LogP contribution in [0.15, 0.2) is 38.8 Å². The van der Waals surface area contributed by atoms with Crippen LogP contribution in [0.2, 0.25) is 0 Å². The third-order valence-corrected chi connectivity index (χ3v) is 2.81. The van der Waals surface area contributed by atoms with Crippen molar-refractivity contribution in [1.29, 1.82) is 0 Å². The summed E-state index contributed by atoms with van der Waals surface area (Å²) in [5.74, 6) is -0.793. The van der Waals surface area contributed by atoms with Crippen LogP contribution in [-0.2, 0) is 6.18 Å². The minimum Gasteiger partial charge on any atom is -0.493 e. The van der Waals surface area contributed by atoms with Gasteiger partial charge in [0.15, 0.2) is 0 Å². The van der Waals surface area contributed by atoms with E-state index in [1.165, 1.54) is 13.1 Å². The van der Waals surface area contributed by atoms with Crippen LogP contribution in [0.1, 0.15) is 11.1 Å². The molecule has 0 spiro atoms. The van der Waals surface area contributed by atoms with Crippen LogP contribution in [0.3, 0.4) is 0 Å². The molecule has 0 bridgehead atoms. The van der Waals surface area contributed by atoms with Gasteiger partial charge in [-0.1, -0.05) is 6.07 Å². The largest absolute Gasteiger partial charge is 0.493 e. The number of alkyl halides is 3. The number of H-pyrrole nitrogens is 1. The molecule has 0 saturated carbocycles. The van der Waals surface area contributed by atoms with Crippen molar-refractivity contribution in [3.8, 4) is 11.6 Å². The monoisotopic (exact) mass is 313 g/mol. The maximum absolute atomic E-state index is 12.7. The van der Waals surface area contributed by atoms with Gasteiger partial charge in [0.2, 0.25) is 5.88 Å². The molecule has 0 radical (unpaired) electrons. The van der Waals surface area contributed by atoms with E-state index in [4.69, 9.17) is 0 Å². The van der Waals surface area contributed by atoms with Gasteiger partial charge in [0.1, 0.15) is 5.56 Å². The van der Waals surface area contributed by atoms with Crippen molar-refractivity contribution < 1.29 is 18.3 Å². The lowest BCUT2D eigenvalue weighted by atomic mass is 10.2. The summed E-state index contributed by atoms with van der Waals surface area (Å²) in [6.45, 7) is 0. The topological polar surface area (TPSA) is 87.4 Å². The van der Waals surface area contributed by atoms with Crippen molar-refractivity contribution in [2.24, 2.45) is 4.99 Å². The molecule has 0 aliphatic heterocycles. The number of nitrogens with one attached hydrogen (secondary N) is 1. The predicted octanol–water partition coefficient (Wildman–Crippen LogP) is 1.30. The second-order valence-electron chi connectivity index (χ2n) is 4.27. The average Bonchev–Trinajstić information content (AvgIpc) is 2.42. The molecule has 0 aliphatic carbocycles. The lowest BCUT2D eigenvalue weighted by Crippen LogP contribution is -2.31.